The molecular formula is C17H15ClFNOS. The molecule has 1 fully saturated rings. The van der Waals surface area contributed by atoms with Gasteiger partial charge < -0.3 is 4.90 Å². The van der Waals surface area contributed by atoms with Gasteiger partial charge in [0.05, 0.1) is 0 Å². The van der Waals surface area contributed by atoms with Gasteiger partial charge in [-0.15, -0.1) is 11.8 Å². The number of benzene rings is 2. The van der Waals surface area contributed by atoms with Crippen LogP contribution in [0.25, 0.3) is 0 Å². The minimum Gasteiger partial charge on any atom is -0.322 e. The largest absolute Gasteiger partial charge is 0.322 e. The number of nitrogens with zero attached hydrogens (tertiary/aromatic N) is 1. The van der Waals surface area contributed by atoms with Gasteiger partial charge in [0, 0.05) is 28.4 Å². The third-order valence-electron chi connectivity index (χ3n) is 3.74. The molecule has 22 heavy (non-hydrogen) atoms. The molecule has 1 heterocycles. The van der Waals surface area contributed by atoms with E-state index in [1.54, 1.807) is 35.7 Å². The van der Waals surface area contributed by atoms with Crippen LogP contribution < -0.4 is 0 Å². The van der Waals surface area contributed by atoms with Crippen LogP contribution in [0.4, 0.5) is 4.39 Å². The van der Waals surface area contributed by atoms with Gasteiger partial charge in [0.15, 0.2) is 0 Å². The van der Waals surface area contributed by atoms with Crippen molar-refractivity contribution < 1.29 is 9.18 Å². The van der Waals surface area contributed by atoms with Crippen LogP contribution >= 0.6 is 23.4 Å². The van der Waals surface area contributed by atoms with Crippen LogP contribution in [-0.4, -0.2) is 23.1 Å². The van der Waals surface area contributed by atoms with Crippen molar-refractivity contribution in [2.75, 3.05) is 12.3 Å². The zero-order valence-corrected chi connectivity index (χ0v) is 13.6. The molecule has 2 aromatic carbocycles. The first-order valence-corrected chi connectivity index (χ1v) is 8.44. The lowest BCUT2D eigenvalue weighted by Gasteiger charge is -2.25. The second-order valence-electron chi connectivity index (χ2n) is 5.21. The van der Waals surface area contributed by atoms with Crippen molar-refractivity contribution in [1.82, 2.24) is 4.90 Å². The fraction of sp³-hybridized carbons (Fsp3) is 0.235. The molecule has 0 N–H and O–H groups in total. The van der Waals surface area contributed by atoms with Crippen molar-refractivity contribution in [3.63, 3.8) is 0 Å². The van der Waals surface area contributed by atoms with Crippen LogP contribution in [0.1, 0.15) is 26.9 Å². The number of carbonyl (C=O) groups excluding carboxylic acids is 1. The molecule has 2 nitrogen and oxygen atoms in total. The smallest absolute Gasteiger partial charge is 0.255 e. The third kappa shape index (κ3) is 2.85. The molecule has 114 valence electrons. The Morgan fingerprint density at radius 1 is 1.32 bits per heavy atom. The van der Waals surface area contributed by atoms with E-state index in [1.807, 2.05) is 24.3 Å². The molecule has 3 rings (SSSR count). The molecule has 1 aliphatic rings. The zero-order valence-electron chi connectivity index (χ0n) is 12.1. The second kappa shape index (κ2) is 6.31. The molecular weight excluding hydrogens is 321 g/mol. The molecule has 1 saturated heterocycles. The molecule has 0 aromatic heterocycles. The topological polar surface area (TPSA) is 20.3 Å². The van der Waals surface area contributed by atoms with E-state index >= 15 is 0 Å². The second-order valence-corrected chi connectivity index (χ2v) is 6.80. The number of thioether (sulfide) groups is 1. The fourth-order valence-corrected chi connectivity index (χ4v) is 4.10. The fourth-order valence-electron chi connectivity index (χ4n) is 2.50. The summed E-state index contributed by atoms with van der Waals surface area (Å²) in [7, 11) is 0. The summed E-state index contributed by atoms with van der Waals surface area (Å²) in [5.74, 6) is 0.330. The van der Waals surface area contributed by atoms with E-state index in [1.165, 1.54) is 6.07 Å². The highest BCUT2D eigenvalue weighted by Gasteiger charge is 2.32. The van der Waals surface area contributed by atoms with Gasteiger partial charge >= 0.3 is 0 Å². The van der Waals surface area contributed by atoms with E-state index in [4.69, 9.17) is 11.6 Å². The van der Waals surface area contributed by atoms with Gasteiger partial charge in [-0.2, -0.15) is 0 Å². The number of carbonyl (C=O) groups is 1. The molecule has 1 aliphatic heterocycles. The van der Waals surface area contributed by atoms with Crippen molar-refractivity contribution in [1.29, 1.82) is 0 Å². The van der Waals surface area contributed by atoms with Crippen LogP contribution in [0.5, 0.6) is 0 Å². The van der Waals surface area contributed by atoms with E-state index < -0.39 is 0 Å². The Kier molecular flexibility index (Phi) is 4.41. The number of hydrogen-bond donors (Lipinski definition) is 0. The summed E-state index contributed by atoms with van der Waals surface area (Å²) in [6, 6.07) is 12.2. The lowest BCUT2D eigenvalue weighted by molar-refractivity contribution is 0.0760. The van der Waals surface area contributed by atoms with Crippen molar-refractivity contribution in [3.05, 3.63) is 70.0 Å². The standard InChI is InChI=1S/C17H15ClFNOS/c1-11-6-7-12(10-15(11)19)16(21)20-8-9-22-17(20)13-4-2-3-5-14(13)18/h2-7,10,17H,8-9H2,1H3. The molecule has 1 atom stereocenters. The highest BCUT2D eigenvalue weighted by molar-refractivity contribution is 7.99. The Hall–Kier alpha value is -1.52. The first kappa shape index (κ1) is 15.4. The maximum Gasteiger partial charge on any atom is 0.255 e. The third-order valence-corrected chi connectivity index (χ3v) is 5.33. The molecule has 1 amide bonds. The monoisotopic (exact) mass is 335 g/mol. The Morgan fingerprint density at radius 2 is 2.09 bits per heavy atom. The number of aryl methyl sites for hydroxylation is 1. The minimum absolute atomic E-state index is 0.120. The lowest BCUT2D eigenvalue weighted by atomic mass is 10.1. The van der Waals surface area contributed by atoms with Gasteiger partial charge in [-0.1, -0.05) is 35.9 Å². The summed E-state index contributed by atoms with van der Waals surface area (Å²) in [6.07, 6.45) is 0. The molecule has 5 heteroatoms. The van der Waals surface area contributed by atoms with Gasteiger partial charge in [0.1, 0.15) is 11.2 Å². The molecule has 2 aromatic rings. The molecule has 1 unspecified atom stereocenters. The van der Waals surface area contributed by atoms with Crippen molar-refractivity contribution in [2.24, 2.45) is 0 Å². The van der Waals surface area contributed by atoms with Gasteiger partial charge in [0.2, 0.25) is 0 Å². The first-order valence-electron chi connectivity index (χ1n) is 7.01. The van der Waals surface area contributed by atoms with E-state index in [0.29, 0.717) is 22.7 Å². The van der Waals surface area contributed by atoms with E-state index in [-0.39, 0.29) is 17.1 Å². The number of amides is 1. The summed E-state index contributed by atoms with van der Waals surface area (Å²) in [4.78, 5) is 14.5. The van der Waals surface area contributed by atoms with Crippen LogP contribution in [0.3, 0.4) is 0 Å². The summed E-state index contributed by atoms with van der Waals surface area (Å²) in [6.45, 7) is 2.32. The normalized spacial score (nSPS) is 17.8. The highest BCUT2D eigenvalue weighted by atomic mass is 35.5. The Balaban J connectivity index is 1.91. The molecule has 0 radical (unpaired) electrons. The summed E-state index contributed by atoms with van der Waals surface area (Å²) in [5.41, 5.74) is 1.84. The first-order chi connectivity index (χ1) is 10.6. The average Bonchev–Trinajstić information content (AvgIpc) is 2.99. The van der Waals surface area contributed by atoms with Gasteiger partial charge in [-0.05, 0) is 30.7 Å². The van der Waals surface area contributed by atoms with Crippen molar-refractivity contribution in [2.45, 2.75) is 12.3 Å². The predicted octanol–water partition coefficient (Wildman–Crippen LogP) is 4.68. The number of halogens is 2. The van der Waals surface area contributed by atoms with E-state index in [0.717, 1.165) is 11.3 Å². The molecule has 0 aliphatic carbocycles. The van der Waals surface area contributed by atoms with Crippen LogP contribution in [0.15, 0.2) is 42.5 Å². The Labute approximate surface area is 138 Å². The predicted molar refractivity (Wildman–Crippen MR) is 88.8 cm³/mol. The van der Waals surface area contributed by atoms with Crippen LogP contribution in [0, 0.1) is 12.7 Å². The van der Waals surface area contributed by atoms with Crippen molar-refractivity contribution >= 4 is 29.3 Å². The molecule has 0 saturated carbocycles. The molecule has 0 spiro atoms. The average molecular weight is 336 g/mol. The Bertz CT molecular complexity index is 722. The van der Waals surface area contributed by atoms with E-state index in [9.17, 15) is 9.18 Å². The Morgan fingerprint density at radius 3 is 2.82 bits per heavy atom. The zero-order chi connectivity index (χ0) is 15.7. The SMILES string of the molecule is Cc1ccc(C(=O)N2CCSC2c2ccccc2Cl)cc1F. The minimum atomic E-state index is -0.355. The van der Waals surface area contributed by atoms with E-state index in [2.05, 4.69) is 0 Å². The summed E-state index contributed by atoms with van der Waals surface area (Å²) >= 11 is 7.93. The van der Waals surface area contributed by atoms with Crippen LogP contribution in [0.2, 0.25) is 5.02 Å². The summed E-state index contributed by atoms with van der Waals surface area (Å²) < 4.78 is 13.7. The summed E-state index contributed by atoms with van der Waals surface area (Å²) in [5, 5.41) is 0.528. The lowest BCUT2D eigenvalue weighted by Crippen LogP contribution is -2.30. The quantitative estimate of drug-likeness (QED) is 0.794. The number of hydrogen-bond acceptors (Lipinski definition) is 2. The van der Waals surface area contributed by atoms with Gasteiger partial charge in [-0.3, -0.25) is 4.79 Å². The number of rotatable bonds is 2. The van der Waals surface area contributed by atoms with Crippen molar-refractivity contribution in [3.8, 4) is 0 Å². The van der Waals surface area contributed by atoms with Gasteiger partial charge in [0.25, 0.3) is 5.91 Å². The van der Waals surface area contributed by atoms with Gasteiger partial charge in [-0.25, -0.2) is 4.39 Å². The molecule has 0 bridgehead atoms. The maximum absolute atomic E-state index is 13.7. The van der Waals surface area contributed by atoms with Crippen LogP contribution in [-0.2, 0) is 0 Å². The highest BCUT2D eigenvalue weighted by Crippen LogP contribution is 2.41. The maximum atomic E-state index is 13.7.